The van der Waals surface area contributed by atoms with Crippen molar-refractivity contribution >= 4 is 11.6 Å². The fraction of sp³-hybridized carbons (Fsp3) is 0.500. The minimum absolute atomic E-state index is 0.0900. The molecule has 1 N–H and O–H groups in total. The Hall–Kier alpha value is -1.17. The van der Waals surface area contributed by atoms with Crippen LogP contribution in [-0.2, 0) is 4.74 Å². The van der Waals surface area contributed by atoms with E-state index in [-0.39, 0.29) is 23.9 Å². The van der Waals surface area contributed by atoms with Gasteiger partial charge in [0.2, 0.25) is 6.04 Å². The topological polar surface area (TPSA) is 72.6 Å². The Labute approximate surface area is 109 Å². The van der Waals surface area contributed by atoms with Crippen molar-refractivity contribution in [3.63, 3.8) is 0 Å². The Morgan fingerprint density at radius 3 is 2.67 bits per heavy atom. The fourth-order valence-electron chi connectivity index (χ4n) is 2.24. The zero-order valence-electron chi connectivity index (χ0n) is 9.88. The molecule has 1 aromatic rings. The molecule has 1 aliphatic heterocycles. The van der Waals surface area contributed by atoms with Gasteiger partial charge in [-0.25, -0.2) is 0 Å². The third kappa shape index (κ3) is 2.80. The lowest BCUT2D eigenvalue weighted by atomic mass is 9.84. The van der Waals surface area contributed by atoms with Gasteiger partial charge in [0.1, 0.15) is 6.61 Å². The SMILES string of the molecule is C[C@]1(O)C[C@H](c2ccc(Cl)cc2)[C@@H]([N+](=O)[O-])CO1. The summed E-state index contributed by atoms with van der Waals surface area (Å²) in [5.74, 6) is -1.70. The minimum Gasteiger partial charge on any atom is -0.366 e. The van der Waals surface area contributed by atoms with E-state index in [4.69, 9.17) is 16.3 Å². The van der Waals surface area contributed by atoms with Crippen LogP contribution in [0, 0.1) is 10.1 Å². The Balaban J connectivity index is 2.30. The van der Waals surface area contributed by atoms with Crippen molar-refractivity contribution in [2.24, 2.45) is 0 Å². The van der Waals surface area contributed by atoms with Gasteiger partial charge in [0.25, 0.3) is 0 Å². The van der Waals surface area contributed by atoms with Crippen molar-refractivity contribution in [2.75, 3.05) is 6.61 Å². The summed E-state index contributed by atoms with van der Waals surface area (Å²) >= 11 is 5.80. The summed E-state index contributed by atoms with van der Waals surface area (Å²) in [4.78, 5) is 10.7. The third-order valence-corrected chi connectivity index (χ3v) is 3.45. The molecule has 0 radical (unpaired) electrons. The molecule has 2 rings (SSSR count). The number of rotatable bonds is 2. The van der Waals surface area contributed by atoms with Crippen molar-refractivity contribution in [1.82, 2.24) is 0 Å². The monoisotopic (exact) mass is 271 g/mol. The van der Waals surface area contributed by atoms with E-state index in [1.165, 1.54) is 6.92 Å². The van der Waals surface area contributed by atoms with Gasteiger partial charge >= 0.3 is 0 Å². The highest BCUT2D eigenvalue weighted by atomic mass is 35.5. The van der Waals surface area contributed by atoms with Gasteiger partial charge in [-0.15, -0.1) is 0 Å². The predicted octanol–water partition coefficient (Wildman–Crippen LogP) is 2.20. The van der Waals surface area contributed by atoms with Crippen LogP contribution in [0.4, 0.5) is 0 Å². The number of hydrogen-bond donors (Lipinski definition) is 1. The van der Waals surface area contributed by atoms with Crippen LogP contribution in [0.25, 0.3) is 0 Å². The molecule has 3 atom stereocenters. The molecule has 0 aromatic heterocycles. The summed E-state index contributed by atoms with van der Waals surface area (Å²) < 4.78 is 5.10. The maximum Gasteiger partial charge on any atom is 0.243 e. The molecule has 1 saturated heterocycles. The molecule has 98 valence electrons. The quantitative estimate of drug-likeness (QED) is 0.661. The van der Waals surface area contributed by atoms with E-state index in [1.807, 2.05) is 0 Å². The molecule has 1 aliphatic rings. The summed E-state index contributed by atoms with van der Waals surface area (Å²) in [5.41, 5.74) is 0.796. The normalized spacial score (nSPS) is 32.2. The van der Waals surface area contributed by atoms with Gasteiger partial charge in [-0.1, -0.05) is 23.7 Å². The van der Waals surface area contributed by atoms with Gasteiger partial charge in [-0.2, -0.15) is 0 Å². The molecule has 0 spiro atoms. The molecule has 0 bridgehead atoms. The molecule has 1 fully saturated rings. The number of nitro groups is 1. The molecule has 5 nitrogen and oxygen atoms in total. The predicted molar refractivity (Wildman–Crippen MR) is 66.2 cm³/mol. The Morgan fingerprint density at radius 1 is 1.50 bits per heavy atom. The van der Waals surface area contributed by atoms with Crippen molar-refractivity contribution in [3.05, 3.63) is 45.0 Å². The lowest BCUT2D eigenvalue weighted by molar-refractivity contribution is -0.542. The molecule has 0 unspecified atom stereocenters. The van der Waals surface area contributed by atoms with Crippen molar-refractivity contribution in [3.8, 4) is 0 Å². The molecular formula is C12H14ClNO4. The van der Waals surface area contributed by atoms with Crippen molar-refractivity contribution in [2.45, 2.75) is 31.1 Å². The third-order valence-electron chi connectivity index (χ3n) is 3.20. The maximum absolute atomic E-state index is 11.0. The standard InChI is InChI=1S/C12H14ClNO4/c1-12(15)6-10(11(7-18-12)14(16)17)8-2-4-9(13)5-3-8/h2-5,10-11,15H,6-7H2,1H3/t10-,11+,12-/m1/s1. The van der Waals surface area contributed by atoms with Gasteiger partial charge < -0.3 is 9.84 Å². The van der Waals surface area contributed by atoms with Crippen LogP contribution in [0.5, 0.6) is 0 Å². The molecule has 1 heterocycles. The smallest absolute Gasteiger partial charge is 0.243 e. The average Bonchev–Trinajstić information content (AvgIpc) is 2.28. The number of halogens is 1. The van der Waals surface area contributed by atoms with Crippen LogP contribution < -0.4 is 0 Å². The summed E-state index contributed by atoms with van der Waals surface area (Å²) in [6, 6.07) is 6.05. The van der Waals surface area contributed by atoms with E-state index in [0.717, 1.165) is 5.56 Å². The first-order chi connectivity index (χ1) is 8.39. The van der Waals surface area contributed by atoms with Crippen LogP contribution in [0.1, 0.15) is 24.8 Å². The second-order valence-electron chi connectivity index (χ2n) is 4.70. The van der Waals surface area contributed by atoms with Gasteiger partial charge in [0, 0.05) is 16.4 Å². The van der Waals surface area contributed by atoms with Crippen LogP contribution in [0.3, 0.4) is 0 Å². The molecule has 0 aliphatic carbocycles. The average molecular weight is 272 g/mol. The number of aliphatic hydroxyl groups is 1. The highest BCUT2D eigenvalue weighted by Gasteiger charge is 2.44. The highest BCUT2D eigenvalue weighted by molar-refractivity contribution is 6.30. The number of hydrogen-bond acceptors (Lipinski definition) is 4. The second kappa shape index (κ2) is 4.84. The highest BCUT2D eigenvalue weighted by Crippen LogP contribution is 2.36. The zero-order chi connectivity index (χ0) is 13.3. The van der Waals surface area contributed by atoms with Gasteiger partial charge in [0.15, 0.2) is 5.79 Å². The first kappa shape index (κ1) is 13.3. The molecule has 6 heteroatoms. The molecule has 0 amide bonds. The second-order valence-corrected chi connectivity index (χ2v) is 5.14. The van der Waals surface area contributed by atoms with E-state index in [0.29, 0.717) is 5.02 Å². The lowest BCUT2D eigenvalue weighted by Gasteiger charge is -2.35. The summed E-state index contributed by atoms with van der Waals surface area (Å²) in [7, 11) is 0. The van der Waals surface area contributed by atoms with E-state index < -0.39 is 11.8 Å². The van der Waals surface area contributed by atoms with E-state index in [9.17, 15) is 15.2 Å². The molecule has 18 heavy (non-hydrogen) atoms. The van der Waals surface area contributed by atoms with Crippen molar-refractivity contribution < 1.29 is 14.8 Å². The Morgan fingerprint density at radius 2 is 2.11 bits per heavy atom. The number of ether oxygens (including phenoxy) is 1. The van der Waals surface area contributed by atoms with E-state index in [1.54, 1.807) is 24.3 Å². The van der Waals surface area contributed by atoms with Crippen molar-refractivity contribution in [1.29, 1.82) is 0 Å². The van der Waals surface area contributed by atoms with Gasteiger partial charge in [0.05, 0.1) is 5.92 Å². The molecule has 1 aromatic carbocycles. The minimum atomic E-state index is -1.32. The first-order valence-electron chi connectivity index (χ1n) is 5.64. The Bertz CT molecular complexity index is 446. The lowest BCUT2D eigenvalue weighted by Crippen LogP contribution is -2.46. The summed E-state index contributed by atoms with van der Waals surface area (Å²) in [6.45, 7) is 1.43. The van der Waals surface area contributed by atoms with Crippen LogP contribution >= 0.6 is 11.6 Å². The first-order valence-corrected chi connectivity index (χ1v) is 6.02. The Kier molecular flexibility index (Phi) is 3.56. The fourth-order valence-corrected chi connectivity index (χ4v) is 2.37. The van der Waals surface area contributed by atoms with E-state index in [2.05, 4.69) is 0 Å². The van der Waals surface area contributed by atoms with Gasteiger partial charge in [-0.05, 0) is 24.6 Å². The number of benzene rings is 1. The van der Waals surface area contributed by atoms with Crippen LogP contribution in [-0.4, -0.2) is 28.5 Å². The van der Waals surface area contributed by atoms with Crippen LogP contribution in [0.2, 0.25) is 5.02 Å². The maximum atomic E-state index is 11.0. The summed E-state index contributed by atoms with van der Waals surface area (Å²) in [6.07, 6.45) is 0.195. The van der Waals surface area contributed by atoms with Crippen LogP contribution in [0.15, 0.2) is 24.3 Å². The summed E-state index contributed by atoms with van der Waals surface area (Å²) in [5, 5.41) is 21.5. The number of nitrogens with zero attached hydrogens (tertiary/aromatic N) is 1. The molecule has 0 saturated carbocycles. The van der Waals surface area contributed by atoms with Gasteiger partial charge in [-0.3, -0.25) is 10.1 Å². The zero-order valence-corrected chi connectivity index (χ0v) is 10.6. The largest absolute Gasteiger partial charge is 0.366 e. The molecular weight excluding hydrogens is 258 g/mol. The van der Waals surface area contributed by atoms with E-state index >= 15 is 0 Å².